The van der Waals surface area contributed by atoms with Crippen LogP contribution in [0.5, 0.6) is 11.5 Å². The Hall–Kier alpha value is -3.33. The number of rotatable bonds is 5. The maximum atomic E-state index is 5.88. The Morgan fingerprint density at radius 1 is 0.778 bits per heavy atom. The van der Waals surface area contributed by atoms with Crippen LogP contribution in [-0.4, -0.2) is 4.98 Å². The van der Waals surface area contributed by atoms with Crippen molar-refractivity contribution in [2.45, 2.75) is 20.3 Å². The van der Waals surface area contributed by atoms with E-state index in [0.717, 1.165) is 34.9 Å². The summed E-state index contributed by atoms with van der Waals surface area (Å²) in [6, 6.07) is 26.1. The van der Waals surface area contributed by atoms with Crippen LogP contribution in [0.25, 0.3) is 11.5 Å². The second-order valence-electron chi connectivity index (χ2n) is 6.62. The van der Waals surface area contributed by atoms with Crippen LogP contribution in [0.1, 0.15) is 22.6 Å². The topological polar surface area (TPSA) is 35.3 Å². The van der Waals surface area contributed by atoms with Gasteiger partial charge in [0.1, 0.15) is 17.3 Å². The van der Waals surface area contributed by atoms with Crippen molar-refractivity contribution in [3.63, 3.8) is 0 Å². The number of aromatic nitrogens is 1. The van der Waals surface area contributed by atoms with E-state index in [-0.39, 0.29) is 0 Å². The molecule has 4 rings (SSSR count). The molecule has 0 radical (unpaired) electrons. The highest BCUT2D eigenvalue weighted by Crippen LogP contribution is 2.25. The van der Waals surface area contributed by atoms with E-state index in [4.69, 9.17) is 14.1 Å². The number of nitrogens with zero attached hydrogens (tertiary/aromatic N) is 1. The van der Waals surface area contributed by atoms with E-state index in [1.807, 2.05) is 61.5 Å². The molecule has 27 heavy (non-hydrogen) atoms. The summed E-state index contributed by atoms with van der Waals surface area (Å²) in [6.07, 6.45) is 0.729. The van der Waals surface area contributed by atoms with E-state index in [9.17, 15) is 0 Å². The molecule has 0 unspecified atom stereocenters. The van der Waals surface area contributed by atoms with Crippen LogP contribution in [0.4, 0.5) is 0 Å². The number of aryl methyl sites for hydroxylation is 2. The molecule has 0 spiro atoms. The fourth-order valence-electron chi connectivity index (χ4n) is 2.90. The molecular formula is C24H21NO2. The van der Waals surface area contributed by atoms with Gasteiger partial charge < -0.3 is 9.15 Å². The summed E-state index contributed by atoms with van der Waals surface area (Å²) in [4.78, 5) is 4.70. The summed E-state index contributed by atoms with van der Waals surface area (Å²) in [7, 11) is 0. The first kappa shape index (κ1) is 17.1. The summed E-state index contributed by atoms with van der Waals surface area (Å²) in [5, 5.41) is 0. The number of oxazole rings is 1. The molecule has 0 aliphatic rings. The maximum Gasteiger partial charge on any atom is 0.226 e. The fraction of sp³-hybridized carbons (Fsp3) is 0.125. The lowest BCUT2D eigenvalue weighted by molar-refractivity contribution is 0.482. The van der Waals surface area contributed by atoms with Gasteiger partial charge in [-0.2, -0.15) is 0 Å². The summed E-state index contributed by atoms with van der Waals surface area (Å²) in [5.41, 5.74) is 4.35. The molecule has 0 N–H and O–H groups in total. The van der Waals surface area contributed by atoms with Crippen molar-refractivity contribution in [3.05, 3.63) is 101 Å². The minimum atomic E-state index is 0.673. The highest BCUT2D eigenvalue weighted by Gasteiger charge is 2.12. The number of para-hydroxylation sites is 1. The third-order valence-electron chi connectivity index (χ3n) is 4.47. The Morgan fingerprint density at radius 3 is 2.15 bits per heavy atom. The summed E-state index contributed by atoms with van der Waals surface area (Å²) in [5.74, 6) is 3.18. The maximum absolute atomic E-state index is 5.88. The van der Waals surface area contributed by atoms with Crippen molar-refractivity contribution in [2.75, 3.05) is 0 Å². The van der Waals surface area contributed by atoms with Crippen molar-refractivity contribution >= 4 is 0 Å². The number of hydrogen-bond donors (Lipinski definition) is 0. The molecule has 4 aromatic rings. The minimum absolute atomic E-state index is 0.673. The Bertz CT molecular complexity index is 1020. The zero-order valence-corrected chi connectivity index (χ0v) is 15.5. The zero-order valence-electron chi connectivity index (χ0n) is 15.5. The molecule has 0 amide bonds. The van der Waals surface area contributed by atoms with Crippen LogP contribution in [0.15, 0.2) is 83.3 Å². The van der Waals surface area contributed by atoms with Crippen LogP contribution in [0.3, 0.4) is 0 Å². The van der Waals surface area contributed by atoms with Crippen LogP contribution in [-0.2, 0) is 6.42 Å². The van der Waals surface area contributed by atoms with Crippen LogP contribution >= 0.6 is 0 Å². The molecule has 0 saturated carbocycles. The third kappa shape index (κ3) is 4.09. The largest absolute Gasteiger partial charge is 0.457 e. The summed E-state index contributed by atoms with van der Waals surface area (Å²) < 4.78 is 11.7. The molecule has 0 saturated heterocycles. The predicted molar refractivity (Wildman–Crippen MR) is 107 cm³/mol. The van der Waals surface area contributed by atoms with E-state index >= 15 is 0 Å². The van der Waals surface area contributed by atoms with Gasteiger partial charge in [0.15, 0.2) is 0 Å². The molecular weight excluding hydrogens is 334 g/mol. The molecule has 0 atom stereocenters. The molecule has 1 heterocycles. The van der Waals surface area contributed by atoms with E-state index in [0.29, 0.717) is 5.89 Å². The molecule has 3 aromatic carbocycles. The van der Waals surface area contributed by atoms with Crippen molar-refractivity contribution < 1.29 is 9.15 Å². The number of hydrogen-bond acceptors (Lipinski definition) is 3. The van der Waals surface area contributed by atoms with Gasteiger partial charge in [-0.05, 0) is 55.8 Å². The van der Waals surface area contributed by atoms with Crippen LogP contribution in [0.2, 0.25) is 0 Å². The van der Waals surface area contributed by atoms with E-state index in [1.165, 1.54) is 11.1 Å². The van der Waals surface area contributed by atoms with E-state index < -0.39 is 0 Å². The number of ether oxygens (including phenoxy) is 1. The zero-order chi connectivity index (χ0) is 18.6. The predicted octanol–water partition coefficient (Wildman–Crippen LogP) is 6.34. The van der Waals surface area contributed by atoms with Gasteiger partial charge in [-0.1, -0.05) is 48.0 Å². The summed E-state index contributed by atoms with van der Waals surface area (Å²) >= 11 is 0. The highest BCUT2D eigenvalue weighted by molar-refractivity contribution is 5.54. The lowest BCUT2D eigenvalue weighted by Gasteiger charge is -2.06. The first-order valence-electron chi connectivity index (χ1n) is 9.02. The Morgan fingerprint density at radius 2 is 1.44 bits per heavy atom. The molecule has 0 aliphatic carbocycles. The van der Waals surface area contributed by atoms with Crippen molar-refractivity contribution in [1.82, 2.24) is 4.98 Å². The average Bonchev–Trinajstić information content (AvgIpc) is 3.05. The molecule has 3 nitrogen and oxygen atoms in total. The van der Waals surface area contributed by atoms with E-state index in [2.05, 4.69) is 31.2 Å². The van der Waals surface area contributed by atoms with Gasteiger partial charge in [0.05, 0.1) is 5.69 Å². The normalized spacial score (nSPS) is 10.7. The minimum Gasteiger partial charge on any atom is -0.457 e. The Labute approximate surface area is 159 Å². The Kier molecular flexibility index (Phi) is 4.75. The van der Waals surface area contributed by atoms with Gasteiger partial charge >= 0.3 is 0 Å². The first-order chi connectivity index (χ1) is 13.2. The highest BCUT2D eigenvalue weighted by atomic mass is 16.5. The van der Waals surface area contributed by atoms with Crippen molar-refractivity contribution in [2.24, 2.45) is 0 Å². The quantitative estimate of drug-likeness (QED) is 0.419. The molecule has 3 heteroatoms. The standard InChI is InChI=1S/C24H21NO2/c1-17-8-12-20(13-9-17)24-25-23(18(2)26-24)16-19-10-14-22(15-11-19)27-21-6-4-3-5-7-21/h3-15H,16H2,1-2H3. The van der Waals surface area contributed by atoms with Crippen molar-refractivity contribution in [1.29, 1.82) is 0 Å². The van der Waals surface area contributed by atoms with E-state index in [1.54, 1.807) is 0 Å². The van der Waals surface area contributed by atoms with Crippen LogP contribution < -0.4 is 4.74 Å². The first-order valence-corrected chi connectivity index (χ1v) is 9.02. The van der Waals surface area contributed by atoms with Gasteiger partial charge in [-0.3, -0.25) is 0 Å². The number of benzene rings is 3. The monoisotopic (exact) mass is 355 g/mol. The molecule has 0 bridgehead atoms. The Balaban J connectivity index is 1.48. The molecule has 134 valence electrons. The van der Waals surface area contributed by atoms with Gasteiger partial charge in [-0.15, -0.1) is 0 Å². The molecule has 0 fully saturated rings. The lowest BCUT2D eigenvalue weighted by atomic mass is 10.1. The third-order valence-corrected chi connectivity index (χ3v) is 4.47. The van der Waals surface area contributed by atoms with Gasteiger partial charge in [0.25, 0.3) is 0 Å². The SMILES string of the molecule is Cc1ccc(-c2nc(Cc3ccc(Oc4ccccc4)cc3)c(C)o2)cc1. The fourth-order valence-corrected chi connectivity index (χ4v) is 2.90. The average molecular weight is 355 g/mol. The van der Waals surface area contributed by atoms with Crippen LogP contribution in [0, 0.1) is 13.8 Å². The molecule has 1 aromatic heterocycles. The molecule has 0 aliphatic heterocycles. The van der Waals surface area contributed by atoms with Crippen molar-refractivity contribution in [3.8, 4) is 23.0 Å². The smallest absolute Gasteiger partial charge is 0.226 e. The van der Waals surface area contributed by atoms with Gasteiger partial charge in [-0.25, -0.2) is 4.98 Å². The summed E-state index contributed by atoms with van der Waals surface area (Å²) in [6.45, 7) is 4.04. The lowest BCUT2D eigenvalue weighted by Crippen LogP contribution is -1.91. The second-order valence-corrected chi connectivity index (χ2v) is 6.62. The van der Waals surface area contributed by atoms with Gasteiger partial charge in [0.2, 0.25) is 5.89 Å². The second kappa shape index (κ2) is 7.50. The van der Waals surface area contributed by atoms with Gasteiger partial charge in [0, 0.05) is 12.0 Å².